The topological polar surface area (TPSA) is 24.4 Å². The Morgan fingerprint density at radius 2 is 2.38 bits per heavy atom. The summed E-state index contributed by atoms with van der Waals surface area (Å²) in [6.45, 7) is 5.55. The molecule has 13 heavy (non-hydrogen) atoms. The number of aliphatic imine (C=N–C) groups is 1. The molecule has 0 aromatic carbocycles. The van der Waals surface area contributed by atoms with Gasteiger partial charge in [0, 0.05) is 10.8 Å². The maximum atomic E-state index is 4.53. The Labute approximate surface area is 84.6 Å². The quantitative estimate of drug-likeness (QED) is 0.753. The molecular weight excluding hydrogens is 180 g/mol. The number of amidine groups is 1. The molecule has 0 saturated heterocycles. The Kier molecular flexibility index (Phi) is 2.54. The highest BCUT2D eigenvalue weighted by atomic mass is 32.2. The lowest BCUT2D eigenvalue weighted by Crippen LogP contribution is -2.31. The first kappa shape index (κ1) is 9.38. The Hall–Kier alpha value is -0.180. The van der Waals surface area contributed by atoms with Crippen LogP contribution in [0, 0.1) is 0 Å². The first-order valence-electron chi connectivity index (χ1n) is 5.21. The molecule has 1 atom stereocenters. The van der Waals surface area contributed by atoms with Crippen molar-refractivity contribution in [2.75, 3.05) is 6.54 Å². The summed E-state index contributed by atoms with van der Waals surface area (Å²) in [5.74, 6) is 0. The van der Waals surface area contributed by atoms with E-state index in [2.05, 4.69) is 24.2 Å². The highest BCUT2D eigenvalue weighted by Crippen LogP contribution is 2.36. The van der Waals surface area contributed by atoms with Crippen LogP contribution in [0.4, 0.5) is 0 Å². The molecule has 1 heterocycles. The lowest BCUT2D eigenvalue weighted by atomic mass is 10.2. The van der Waals surface area contributed by atoms with Crippen molar-refractivity contribution >= 4 is 16.9 Å². The van der Waals surface area contributed by atoms with Gasteiger partial charge in [-0.25, -0.2) is 0 Å². The minimum absolute atomic E-state index is 0.396. The van der Waals surface area contributed by atoms with E-state index in [0.29, 0.717) is 5.54 Å². The Bertz CT molecular complexity index is 221. The smallest absolute Gasteiger partial charge is 0.157 e. The van der Waals surface area contributed by atoms with Gasteiger partial charge < -0.3 is 5.32 Å². The minimum atomic E-state index is 0.396. The predicted octanol–water partition coefficient (Wildman–Crippen LogP) is 2.40. The molecule has 2 nitrogen and oxygen atoms in total. The zero-order chi connectivity index (χ0) is 9.31. The zero-order valence-corrected chi connectivity index (χ0v) is 9.28. The van der Waals surface area contributed by atoms with Gasteiger partial charge in [0.25, 0.3) is 0 Å². The summed E-state index contributed by atoms with van der Waals surface area (Å²) < 4.78 is 0. The van der Waals surface area contributed by atoms with Gasteiger partial charge in [0.15, 0.2) is 5.17 Å². The fraction of sp³-hybridized carbons (Fsp3) is 0.900. The lowest BCUT2D eigenvalue weighted by molar-refractivity contribution is 0.672. The summed E-state index contributed by atoms with van der Waals surface area (Å²) in [4.78, 5) is 4.53. The molecule has 74 valence electrons. The first-order chi connectivity index (χ1) is 6.22. The van der Waals surface area contributed by atoms with E-state index in [4.69, 9.17) is 0 Å². The number of hydrogen-bond acceptors (Lipinski definition) is 3. The van der Waals surface area contributed by atoms with Crippen molar-refractivity contribution in [2.24, 2.45) is 4.99 Å². The van der Waals surface area contributed by atoms with Crippen molar-refractivity contribution in [1.82, 2.24) is 5.32 Å². The predicted molar refractivity (Wildman–Crippen MR) is 59.4 cm³/mol. The second kappa shape index (κ2) is 3.52. The van der Waals surface area contributed by atoms with E-state index in [1.807, 2.05) is 11.8 Å². The van der Waals surface area contributed by atoms with E-state index < -0.39 is 0 Å². The van der Waals surface area contributed by atoms with Crippen LogP contribution in [-0.2, 0) is 0 Å². The lowest BCUT2D eigenvalue weighted by Gasteiger charge is -2.12. The Balaban J connectivity index is 1.77. The molecule has 0 aromatic rings. The van der Waals surface area contributed by atoms with E-state index in [1.54, 1.807) is 0 Å². The molecule has 1 aliphatic carbocycles. The fourth-order valence-electron chi connectivity index (χ4n) is 1.53. The van der Waals surface area contributed by atoms with Crippen molar-refractivity contribution in [2.45, 2.75) is 50.3 Å². The van der Waals surface area contributed by atoms with Gasteiger partial charge in [-0.05, 0) is 26.2 Å². The molecule has 1 aliphatic heterocycles. The number of nitrogens with one attached hydrogen (secondary N) is 1. The van der Waals surface area contributed by atoms with Gasteiger partial charge in [0.1, 0.15) is 0 Å². The van der Waals surface area contributed by atoms with Crippen LogP contribution in [0.5, 0.6) is 0 Å². The van der Waals surface area contributed by atoms with E-state index in [0.717, 1.165) is 11.8 Å². The van der Waals surface area contributed by atoms with Crippen LogP contribution in [-0.4, -0.2) is 22.5 Å². The third-order valence-electron chi connectivity index (χ3n) is 2.74. The maximum absolute atomic E-state index is 4.53. The van der Waals surface area contributed by atoms with Crippen LogP contribution < -0.4 is 5.32 Å². The monoisotopic (exact) mass is 198 g/mol. The van der Waals surface area contributed by atoms with Gasteiger partial charge in [0.05, 0.1) is 6.54 Å². The van der Waals surface area contributed by atoms with Crippen LogP contribution in [0.1, 0.15) is 39.5 Å². The highest BCUT2D eigenvalue weighted by molar-refractivity contribution is 8.14. The second-order valence-corrected chi connectivity index (χ2v) is 5.65. The minimum Gasteiger partial charge on any atom is -0.360 e. The SMILES string of the molecule is CCCC1CN=C(NC2(C)CC2)S1. The maximum Gasteiger partial charge on any atom is 0.157 e. The molecule has 2 aliphatic rings. The Morgan fingerprint density at radius 1 is 1.62 bits per heavy atom. The number of hydrogen-bond donors (Lipinski definition) is 1. The molecule has 0 spiro atoms. The molecule has 1 N–H and O–H groups in total. The summed E-state index contributed by atoms with van der Waals surface area (Å²) in [5, 5.41) is 5.47. The number of thioether (sulfide) groups is 1. The van der Waals surface area contributed by atoms with Crippen LogP contribution in [0.3, 0.4) is 0 Å². The molecule has 0 radical (unpaired) electrons. The van der Waals surface area contributed by atoms with Crippen LogP contribution in [0.15, 0.2) is 4.99 Å². The van der Waals surface area contributed by atoms with Gasteiger partial charge in [-0.15, -0.1) is 0 Å². The molecule has 0 aromatic heterocycles. The van der Waals surface area contributed by atoms with Crippen molar-refractivity contribution in [3.8, 4) is 0 Å². The number of nitrogens with zero attached hydrogens (tertiary/aromatic N) is 1. The molecule has 3 heteroatoms. The summed E-state index contributed by atoms with van der Waals surface area (Å²) >= 11 is 1.94. The average molecular weight is 198 g/mol. The van der Waals surface area contributed by atoms with Crippen molar-refractivity contribution in [1.29, 1.82) is 0 Å². The molecule has 1 fully saturated rings. The van der Waals surface area contributed by atoms with E-state index in [-0.39, 0.29) is 0 Å². The summed E-state index contributed by atoms with van der Waals surface area (Å²) in [5.41, 5.74) is 0.396. The molecule has 0 amide bonds. The fourth-order valence-corrected chi connectivity index (χ4v) is 2.80. The third-order valence-corrected chi connectivity index (χ3v) is 3.91. The van der Waals surface area contributed by atoms with E-state index in [1.165, 1.54) is 30.9 Å². The zero-order valence-electron chi connectivity index (χ0n) is 8.47. The average Bonchev–Trinajstić information content (AvgIpc) is 2.61. The van der Waals surface area contributed by atoms with Gasteiger partial charge in [-0.2, -0.15) is 0 Å². The van der Waals surface area contributed by atoms with Gasteiger partial charge >= 0.3 is 0 Å². The van der Waals surface area contributed by atoms with Crippen LogP contribution in [0.2, 0.25) is 0 Å². The van der Waals surface area contributed by atoms with Crippen molar-refractivity contribution < 1.29 is 0 Å². The molecular formula is C10H18N2S. The molecule has 1 unspecified atom stereocenters. The number of rotatable bonds is 3. The molecule has 0 bridgehead atoms. The second-order valence-electron chi connectivity index (χ2n) is 4.36. The standard InChI is InChI=1S/C10H18N2S/c1-3-4-8-7-11-9(13-8)12-10(2)5-6-10/h8H,3-7H2,1-2H3,(H,11,12). The third kappa shape index (κ3) is 2.39. The summed E-state index contributed by atoms with van der Waals surface area (Å²) in [6.07, 6.45) is 5.20. The Morgan fingerprint density at radius 3 is 3.00 bits per heavy atom. The first-order valence-corrected chi connectivity index (χ1v) is 6.09. The summed E-state index contributed by atoms with van der Waals surface area (Å²) in [6, 6.07) is 0. The van der Waals surface area contributed by atoms with Crippen molar-refractivity contribution in [3.63, 3.8) is 0 Å². The van der Waals surface area contributed by atoms with Gasteiger partial charge in [-0.3, -0.25) is 4.99 Å². The highest BCUT2D eigenvalue weighted by Gasteiger charge is 2.39. The molecule has 2 rings (SSSR count). The normalized spacial score (nSPS) is 30.0. The van der Waals surface area contributed by atoms with Crippen LogP contribution >= 0.6 is 11.8 Å². The van der Waals surface area contributed by atoms with Gasteiger partial charge in [-0.1, -0.05) is 25.1 Å². The molecule has 1 saturated carbocycles. The van der Waals surface area contributed by atoms with E-state index >= 15 is 0 Å². The largest absolute Gasteiger partial charge is 0.360 e. The van der Waals surface area contributed by atoms with Gasteiger partial charge in [0.2, 0.25) is 0 Å². The van der Waals surface area contributed by atoms with Crippen molar-refractivity contribution in [3.05, 3.63) is 0 Å². The van der Waals surface area contributed by atoms with Crippen LogP contribution in [0.25, 0.3) is 0 Å². The van der Waals surface area contributed by atoms with E-state index in [9.17, 15) is 0 Å². The summed E-state index contributed by atoms with van der Waals surface area (Å²) in [7, 11) is 0.